The second-order valence-electron chi connectivity index (χ2n) is 5.55. The molecule has 21 heavy (non-hydrogen) atoms. The molecule has 2 unspecified atom stereocenters. The normalized spacial score (nSPS) is 22.2. The van der Waals surface area contributed by atoms with Crippen LogP contribution in [0.5, 0.6) is 0 Å². The lowest BCUT2D eigenvalue weighted by molar-refractivity contribution is -0.130. The zero-order valence-electron chi connectivity index (χ0n) is 13.0. The molecule has 1 aliphatic rings. The fourth-order valence-corrected chi connectivity index (χ4v) is 4.00. The smallest absolute Gasteiger partial charge is 0.241 e. The predicted octanol–water partition coefficient (Wildman–Crippen LogP) is 3.88. The van der Waals surface area contributed by atoms with Crippen molar-refractivity contribution in [1.82, 2.24) is 10.2 Å². The molecule has 1 N–H and O–H groups in total. The van der Waals surface area contributed by atoms with Gasteiger partial charge in [-0.15, -0.1) is 0 Å². The van der Waals surface area contributed by atoms with Crippen molar-refractivity contribution >= 4 is 29.0 Å². The molecule has 1 fully saturated rings. The van der Waals surface area contributed by atoms with Crippen molar-refractivity contribution in [3.05, 3.63) is 22.4 Å². The highest BCUT2D eigenvalue weighted by Crippen LogP contribution is 2.28. The van der Waals surface area contributed by atoms with Crippen LogP contribution in [-0.4, -0.2) is 35.4 Å². The van der Waals surface area contributed by atoms with Gasteiger partial charge in [0.25, 0.3) is 0 Å². The summed E-state index contributed by atoms with van der Waals surface area (Å²) in [6.45, 7) is 3.01. The first-order valence-electron chi connectivity index (χ1n) is 7.85. The molecule has 0 aliphatic carbocycles. The van der Waals surface area contributed by atoms with Gasteiger partial charge in [0.1, 0.15) is 6.17 Å². The van der Waals surface area contributed by atoms with Crippen LogP contribution in [0.25, 0.3) is 0 Å². The number of carbonyl (C=O) groups is 1. The summed E-state index contributed by atoms with van der Waals surface area (Å²) in [4.78, 5) is 14.6. The third kappa shape index (κ3) is 4.47. The van der Waals surface area contributed by atoms with Crippen molar-refractivity contribution in [2.24, 2.45) is 0 Å². The third-order valence-electron chi connectivity index (χ3n) is 3.94. The molecule has 0 spiro atoms. The first kappa shape index (κ1) is 16.8. The third-order valence-corrected chi connectivity index (χ3v) is 5.33. The molecule has 1 aromatic heterocycles. The van der Waals surface area contributed by atoms with Gasteiger partial charge in [0.05, 0.1) is 6.04 Å². The highest BCUT2D eigenvalue weighted by atomic mass is 32.2. The molecule has 118 valence electrons. The summed E-state index contributed by atoms with van der Waals surface area (Å²) < 4.78 is 0. The van der Waals surface area contributed by atoms with Crippen LogP contribution in [0.3, 0.4) is 0 Å². The van der Waals surface area contributed by atoms with Crippen LogP contribution in [0.4, 0.5) is 0 Å². The zero-order chi connectivity index (χ0) is 15.1. The maximum absolute atomic E-state index is 12.6. The van der Waals surface area contributed by atoms with Gasteiger partial charge in [0, 0.05) is 6.54 Å². The van der Waals surface area contributed by atoms with Gasteiger partial charge in [-0.3, -0.25) is 10.1 Å². The lowest BCUT2D eigenvalue weighted by Crippen LogP contribution is -2.31. The van der Waals surface area contributed by atoms with Crippen molar-refractivity contribution < 1.29 is 4.79 Å². The molecule has 2 atom stereocenters. The lowest BCUT2D eigenvalue weighted by Gasteiger charge is -2.23. The Morgan fingerprint density at radius 1 is 1.38 bits per heavy atom. The molecule has 0 bridgehead atoms. The second kappa shape index (κ2) is 8.81. The molecule has 0 saturated carbocycles. The van der Waals surface area contributed by atoms with Gasteiger partial charge in [-0.25, -0.2) is 0 Å². The van der Waals surface area contributed by atoms with E-state index in [0.717, 1.165) is 25.8 Å². The SMILES string of the molecule is CCCC1NC(c2ccsc2)N(CCCCCSC)C1=O. The van der Waals surface area contributed by atoms with Crippen LogP contribution in [0, 0.1) is 0 Å². The van der Waals surface area contributed by atoms with Crippen LogP contribution in [0.1, 0.15) is 50.8 Å². The predicted molar refractivity (Wildman–Crippen MR) is 92.8 cm³/mol. The van der Waals surface area contributed by atoms with Crippen LogP contribution >= 0.6 is 23.1 Å². The maximum Gasteiger partial charge on any atom is 0.241 e. The van der Waals surface area contributed by atoms with E-state index in [9.17, 15) is 4.79 Å². The number of carbonyl (C=O) groups excluding carboxylic acids is 1. The molecular weight excluding hydrogens is 300 g/mol. The molecule has 1 aliphatic heterocycles. The van der Waals surface area contributed by atoms with Crippen molar-refractivity contribution in [3.63, 3.8) is 0 Å². The second-order valence-corrected chi connectivity index (χ2v) is 7.32. The number of amides is 1. The number of unbranched alkanes of at least 4 members (excludes halogenated alkanes) is 2. The van der Waals surface area contributed by atoms with E-state index in [2.05, 4.69) is 40.2 Å². The summed E-state index contributed by atoms with van der Waals surface area (Å²) in [5, 5.41) is 7.77. The monoisotopic (exact) mass is 326 g/mol. The van der Waals surface area contributed by atoms with Crippen LogP contribution < -0.4 is 5.32 Å². The van der Waals surface area contributed by atoms with E-state index in [0.29, 0.717) is 0 Å². The molecule has 2 rings (SSSR count). The number of nitrogens with zero attached hydrogens (tertiary/aromatic N) is 1. The Bertz CT molecular complexity index is 422. The van der Waals surface area contributed by atoms with E-state index in [-0.39, 0.29) is 18.1 Å². The fraction of sp³-hybridized carbons (Fsp3) is 0.688. The highest BCUT2D eigenvalue weighted by Gasteiger charge is 2.38. The molecule has 0 radical (unpaired) electrons. The Morgan fingerprint density at radius 3 is 2.90 bits per heavy atom. The van der Waals surface area contributed by atoms with E-state index < -0.39 is 0 Å². The van der Waals surface area contributed by atoms with Crippen LogP contribution in [-0.2, 0) is 4.79 Å². The molecule has 0 aromatic carbocycles. The molecule has 1 amide bonds. The summed E-state index contributed by atoms with van der Waals surface area (Å²) in [6.07, 6.45) is 7.77. The number of thiophene rings is 1. The Hall–Kier alpha value is -0.520. The highest BCUT2D eigenvalue weighted by molar-refractivity contribution is 7.98. The van der Waals surface area contributed by atoms with Gasteiger partial charge in [-0.2, -0.15) is 23.1 Å². The van der Waals surface area contributed by atoms with Gasteiger partial charge in [-0.1, -0.05) is 19.8 Å². The Morgan fingerprint density at radius 2 is 2.24 bits per heavy atom. The standard InChI is InChI=1S/C16H26N2OS2/c1-3-7-14-16(19)18(9-5-4-6-10-20-2)15(17-14)13-8-11-21-12-13/h8,11-12,14-15,17H,3-7,9-10H2,1-2H3. The van der Waals surface area contributed by atoms with E-state index in [1.54, 1.807) is 11.3 Å². The van der Waals surface area contributed by atoms with E-state index in [4.69, 9.17) is 0 Å². The number of hydrogen-bond acceptors (Lipinski definition) is 4. The molecule has 1 saturated heterocycles. The Labute approximate surface area is 136 Å². The minimum absolute atomic E-state index is 0.00565. The number of rotatable bonds is 9. The summed E-state index contributed by atoms with van der Waals surface area (Å²) in [7, 11) is 0. The van der Waals surface area contributed by atoms with E-state index >= 15 is 0 Å². The molecule has 3 nitrogen and oxygen atoms in total. The maximum atomic E-state index is 12.6. The van der Waals surface area contributed by atoms with Gasteiger partial charge < -0.3 is 4.90 Å². The van der Waals surface area contributed by atoms with Crippen LogP contribution in [0.2, 0.25) is 0 Å². The first-order valence-corrected chi connectivity index (χ1v) is 10.2. The van der Waals surface area contributed by atoms with Crippen LogP contribution in [0.15, 0.2) is 16.8 Å². The van der Waals surface area contributed by atoms with Crippen molar-refractivity contribution in [2.75, 3.05) is 18.6 Å². The van der Waals surface area contributed by atoms with E-state index in [1.807, 2.05) is 11.8 Å². The topological polar surface area (TPSA) is 32.3 Å². The Kier molecular flexibility index (Phi) is 7.07. The van der Waals surface area contributed by atoms with Gasteiger partial charge >= 0.3 is 0 Å². The van der Waals surface area contributed by atoms with Crippen molar-refractivity contribution in [3.8, 4) is 0 Å². The lowest BCUT2D eigenvalue weighted by atomic mass is 10.1. The summed E-state index contributed by atoms with van der Waals surface area (Å²) in [5.74, 6) is 1.51. The van der Waals surface area contributed by atoms with E-state index in [1.165, 1.54) is 24.2 Å². The summed E-state index contributed by atoms with van der Waals surface area (Å²) in [5.41, 5.74) is 1.23. The number of thioether (sulfide) groups is 1. The average Bonchev–Trinajstić information content (AvgIpc) is 3.10. The molecule has 5 heteroatoms. The summed E-state index contributed by atoms with van der Waals surface area (Å²) >= 11 is 3.60. The van der Waals surface area contributed by atoms with Crippen molar-refractivity contribution in [2.45, 2.75) is 51.2 Å². The minimum Gasteiger partial charge on any atom is -0.322 e. The largest absolute Gasteiger partial charge is 0.322 e. The quantitative estimate of drug-likeness (QED) is 0.699. The number of nitrogens with one attached hydrogen (secondary N) is 1. The van der Waals surface area contributed by atoms with Gasteiger partial charge in [0.2, 0.25) is 5.91 Å². The first-order chi connectivity index (χ1) is 10.3. The van der Waals surface area contributed by atoms with Gasteiger partial charge in [-0.05, 0) is 53.7 Å². The minimum atomic E-state index is 0.00565. The molecule has 2 heterocycles. The summed E-state index contributed by atoms with van der Waals surface area (Å²) in [6, 6.07) is 2.14. The average molecular weight is 327 g/mol. The Balaban J connectivity index is 1.94. The van der Waals surface area contributed by atoms with Crippen molar-refractivity contribution in [1.29, 1.82) is 0 Å². The van der Waals surface area contributed by atoms with Gasteiger partial charge in [0.15, 0.2) is 0 Å². The fourth-order valence-electron chi connectivity index (χ4n) is 2.83. The molecule has 1 aromatic rings. The molecular formula is C16H26N2OS2. The number of hydrogen-bond donors (Lipinski definition) is 1. The zero-order valence-corrected chi connectivity index (χ0v) is 14.6.